The SMILES string of the molecule is O=C(c1ccc(-c2ccc(F)cc2)cc1)N1CC[C@@H](COc2ccc(Cl)cn2)[C@H](c2ccc(F)c(F)c2)C1. The Hall–Kier alpha value is -3.84. The molecule has 38 heavy (non-hydrogen) atoms. The van der Waals surface area contributed by atoms with Crippen LogP contribution in [0.2, 0.25) is 5.02 Å². The Morgan fingerprint density at radius 2 is 1.63 bits per heavy atom. The second-order valence-corrected chi connectivity index (χ2v) is 9.73. The van der Waals surface area contributed by atoms with Crippen molar-refractivity contribution in [2.75, 3.05) is 19.7 Å². The lowest BCUT2D eigenvalue weighted by Gasteiger charge is -2.39. The van der Waals surface area contributed by atoms with Crippen molar-refractivity contribution in [2.24, 2.45) is 5.92 Å². The van der Waals surface area contributed by atoms with E-state index in [9.17, 15) is 18.0 Å². The molecular weight excluding hydrogens is 513 g/mol. The Labute approximate surface area is 223 Å². The van der Waals surface area contributed by atoms with Crippen LogP contribution < -0.4 is 4.74 Å². The number of hydrogen-bond acceptors (Lipinski definition) is 3. The predicted molar refractivity (Wildman–Crippen MR) is 140 cm³/mol. The van der Waals surface area contributed by atoms with E-state index in [2.05, 4.69) is 4.98 Å². The molecule has 2 heterocycles. The van der Waals surface area contributed by atoms with E-state index in [0.29, 0.717) is 48.1 Å². The molecule has 5 rings (SSSR count). The van der Waals surface area contributed by atoms with Crippen molar-refractivity contribution in [3.63, 3.8) is 0 Å². The van der Waals surface area contributed by atoms with Crippen LogP contribution in [0.25, 0.3) is 11.1 Å². The van der Waals surface area contributed by atoms with Crippen LogP contribution in [0.3, 0.4) is 0 Å². The number of carbonyl (C=O) groups excluding carboxylic acids is 1. The Morgan fingerprint density at radius 1 is 0.921 bits per heavy atom. The lowest BCUT2D eigenvalue weighted by atomic mass is 9.81. The Kier molecular flexibility index (Phi) is 7.65. The van der Waals surface area contributed by atoms with E-state index in [0.717, 1.165) is 17.2 Å². The Bertz CT molecular complexity index is 1410. The quantitative estimate of drug-likeness (QED) is 0.263. The van der Waals surface area contributed by atoms with Gasteiger partial charge in [0.25, 0.3) is 5.91 Å². The summed E-state index contributed by atoms with van der Waals surface area (Å²) in [5.74, 6) is -2.22. The fraction of sp³-hybridized carbons (Fsp3) is 0.200. The first-order valence-electron chi connectivity index (χ1n) is 12.2. The average molecular weight is 537 g/mol. The Morgan fingerprint density at radius 3 is 2.29 bits per heavy atom. The van der Waals surface area contributed by atoms with Gasteiger partial charge in [-0.1, -0.05) is 41.9 Å². The number of hydrogen-bond donors (Lipinski definition) is 0. The molecule has 3 aromatic carbocycles. The van der Waals surface area contributed by atoms with Gasteiger partial charge in [0.2, 0.25) is 5.88 Å². The van der Waals surface area contributed by atoms with Crippen molar-refractivity contribution in [3.8, 4) is 17.0 Å². The minimum atomic E-state index is -0.929. The average Bonchev–Trinajstić information content (AvgIpc) is 2.94. The molecule has 8 heteroatoms. The molecule has 1 saturated heterocycles. The summed E-state index contributed by atoms with van der Waals surface area (Å²) in [5.41, 5.74) is 2.83. The van der Waals surface area contributed by atoms with Gasteiger partial charge in [0.05, 0.1) is 11.6 Å². The lowest BCUT2D eigenvalue weighted by Crippen LogP contribution is -2.44. The third-order valence-electron chi connectivity index (χ3n) is 6.87. The van der Waals surface area contributed by atoms with Gasteiger partial charge in [0.15, 0.2) is 11.6 Å². The molecule has 0 unspecified atom stereocenters. The van der Waals surface area contributed by atoms with E-state index in [4.69, 9.17) is 16.3 Å². The number of ether oxygens (including phenoxy) is 1. The zero-order chi connectivity index (χ0) is 26.6. The summed E-state index contributed by atoms with van der Waals surface area (Å²) in [6.07, 6.45) is 2.10. The predicted octanol–water partition coefficient (Wildman–Crippen LogP) is 7.14. The number of carbonyl (C=O) groups is 1. The molecule has 1 fully saturated rings. The number of amides is 1. The fourth-order valence-corrected chi connectivity index (χ4v) is 4.89. The zero-order valence-electron chi connectivity index (χ0n) is 20.3. The first-order valence-corrected chi connectivity index (χ1v) is 12.6. The van der Waals surface area contributed by atoms with Gasteiger partial charge in [-0.25, -0.2) is 18.2 Å². The molecule has 1 amide bonds. The number of benzene rings is 3. The van der Waals surface area contributed by atoms with Crippen LogP contribution >= 0.6 is 11.6 Å². The van der Waals surface area contributed by atoms with Crippen molar-refractivity contribution in [1.29, 1.82) is 0 Å². The number of nitrogens with zero attached hydrogens (tertiary/aromatic N) is 2. The zero-order valence-corrected chi connectivity index (χ0v) is 21.0. The maximum atomic E-state index is 14.1. The van der Waals surface area contributed by atoms with Crippen LogP contribution in [-0.4, -0.2) is 35.5 Å². The van der Waals surface area contributed by atoms with E-state index in [1.54, 1.807) is 47.4 Å². The standard InChI is InChI=1S/C30H24ClF3N2O2/c31-24-8-12-29(35-16-24)38-18-23-13-14-36(17-26(23)22-7-11-27(33)28(34)15-22)30(37)21-3-1-19(2-4-21)20-5-9-25(32)10-6-20/h1-12,15-16,23,26H,13-14,17-18H2/t23-,26-/m0/s1. The number of likely N-dealkylation sites (tertiary alicyclic amines) is 1. The van der Waals surface area contributed by atoms with Crippen molar-refractivity contribution in [1.82, 2.24) is 9.88 Å². The molecule has 4 nitrogen and oxygen atoms in total. The number of piperidine rings is 1. The van der Waals surface area contributed by atoms with E-state index in [-0.39, 0.29) is 23.6 Å². The van der Waals surface area contributed by atoms with Gasteiger partial charge in [-0.05, 0) is 65.6 Å². The molecular formula is C30H24ClF3N2O2. The molecule has 0 spiro atoms. The minimum absolute atomic E-state index is 0.0535. The second-order valence-electron chi connectivity index (χ2n) is 9.29. The van der Waals surface area contributed by atoms with E-state index < -0.39 is 11.6 Å². The summed E-state index contributed by atoms with van der Waals surface area (Å²) in [7, 11) is 0. The molecule has 0 bridgehead atoms. The third kappa shape index (κ3) is 5.83. The van der Waals surface area contributed by atoms with Gasteiger partial charge in [0.1, 0.15) is 5.82 Å². The smallest absolute Gasteiger partial charge is 0.253 e. The molecule has 194 valence electrons. The van der Waals surface area contributed by atoms with Crippen LogP contribution in [0.15, 0.2) is 85.1 Å². The minimum Gasteiger partial charge on any atom is -0.477 e. The highest BCUT2D eigenvalue weighted by molar-refractivity contribution is 6.30. The summed E-state index contributed by atoms with van der Waals surface area (Å²) in [5, 5.41) is 0.495. The van der Waals surface area contributed by atoms with Crippen LogP contribution in [-0.2, 0) is 0 Å². The molecule has 0 N–H and O–H groups in total. The number of rotatable bonds is 6. The lowest BCUT2D eigenvalue weighted by molar-refractivity contribution is 0.0614. The summed E-state index contributed by atoms with van der Waals surface area (Å²) < 4.78 is 46.9. The topological polar surface area (TPSA) is 42.4 Å². The van der Waals surface area contributed by atoms with E-state index in [1.807, 2.05) is 12.1 Å². The first-order chi connectivity index (χ1) is 18.4. The van der Waals surface area contributed by atoms with E-state index >= 15 is 0 Å². The maximum absolute atomic E-state index is 14.1. The summed E-state index contributed by atoms with van der Waals surface area (Å²) in [6.45, 7) is 1.11. The largest absolute Gasteiger partial charge is 0.477 e. The number of halogens is 4. The molecule has 0 aliphatic carbocycles. The fourth-order valence-electron chi connectivity index (χ4n) is 4.78. The van der Waals surface area contributed by atoms with Gasteiger partial charge in [0, 0.05) is 42.8 Å². The van der Waals surface area contributed by atoms with Gasteiger partial charge in [-0.15, -0.1) is 0 Å². The van der Waals surface area contributed by atoms with Gasteiger partial charge >= 0.3 is 0 Å². The van der Waals surface area contributed by atoms with Crippen molar-refractivity contribution in [2.45, 2.75) is 12.3 Å². The van der Waals surface area contributed by atoms with Gasteiger partial charge in [-0.2, -0.15) is 0 Å². The molecule has 4 aromatic rings. The van der Waals surface area contributed by atoms with Crippen molar-refractivity contribution < 1.29 is 22.7 Å². The monoisotopic (exact) mass is 536 g/mol. The molecule has 1 aliphatic heterocycles. The maximum Gasteiger partial charge on any atom is 0.253 e. The highest BCUT2D eigenvalue weighted by atomic mass is 35.5. The first kappa shape index (κ1) is 25.8. The summed E-state index contributed by atoms with van der Waals surface area (Å²) in [6, 6.07) is 20.5. The van der Waals surface area contributed by atoms with E-state index in [1.165, 1.54) is 24.4 Å². The molecule has 0 radical (unpaired) electrons. The summed E-state index contributed by atoms with van der Waals surface area (Å²) >= 11 is 5.90. The molecule has 2 atom stereocenters. The van der Waals surface area contributed by atoms with Crippen LogP contribution in [0, 0.1) is 23.4 Å². The highest BCUT2D eigenvalue weighted by Crippen LogP contribution is 2.34. The molecule has 0 saturated carbocycles. The molecule has 1 aromatic heterocycles. The molecule has 1 aliphatic rings. The Balaban J connectivity index is 1.33. The number of pyridine rings is 1. The normalized spacial score (nSPS) is 17.3. The number of aromatic nitrogens is 1. The summed E-state index contributed by atoms with van der Waals surface area (Å²) in [4.78, 5) is 19.3. The van der Waals surface area contributed by atoms with Crippen LogP contribution in [0.1, 0.15) is 28.3 Å². The van der Waals surface area contributed by atoms with Gasteiger partial charge < -0.3 is 9.64 Å². The third-order valence-corrected chi connectivity index (χ3v) is 7.09. The van der Waals surface area contributed by atoms with Gasteiger partial charge in [-0.3, -0.25) is 4.79 Å². The van der Waals surface area contributed by atoms with Crippen molar-refractivity contribution >= 4 is 17.5 Å². The van der Waals surface area contributed by atoms with Crippen LogP contribution in [0.5, 0.6) is 5.88 Å². The van der Waals surface area contributed by atoms with Crippen LogP contribution in [0.4, 0.5) is 13.2 Å². The highest BCUT2D eigenvalue weighted by Gasteiger charge is 2.34. The van der Waals surface area contributed by atoms with Crippen molar-refractivity contribution in [3.05, 3.63) is 119 Å². The second kappa shape index (κ2) is 11.3.